The molecule has 0 aliphatic rings. The maximum atomic E-state index is 12.2. The van der Waals surface area contributed by atoms with Crippen molar-refractivity contribution in [2.75, 3.05) is 5.32 Å². The lowest BCUT2D eigenvalue weighted by molar-refractivity contribution is -0.385. The van der Waals surface area contributed by atoms with Gasteiger partial charge in [-0.15, -0.1) is 0 Å². The van der Waals surface area contributed by atoms with Crippen molar-refractivity contribution in [3.63, 3.8) is 0 Å². The summed E-state index contributed by atoms with van der Waals surface area (Å²) in [7, 11) is 0. The molecule has 2 N–H and O–H groups in total. The number of nitrogens with one attached hydrogen (secondary N) is 2. The molecular formula is C15H12N4O5S. The molecule has 0 atom stereocenters. The van der Waals surface area contributed by atoms with Crippen LogP contribution in [-0.4, -0.2) is 20.9 Å². The zero-order valence-electron chi connectivity index (χ0n) is 12.9. The third-order valence-corrected chi connectivity index (χ3v) is 3.37. The fourth-order valence-corrected chi connectivity index (χ4v) is 2.25. The van der Waals surface area contributed by atoms with Crippen LogP contribution in [0.1, 0.15) is 15.9 Å². The quantitative estimate of drug-likeness (QED) is 0.487. The van der Waals surface area contributed by atoms with Crippen LogP contribution in [0.2, 0.25) is 0 Å². The summed E-state index contributed by atoms with van der Waals surface area (Å²) in [5.74, 6) is -0.792. The van der Waals surface area contributed by atoms with E-state index in [2.05, 4.69) is 10.6 Å². The van der Waals surface area contributed by atoms with Gasteiger partial charge >= 0.3 is 0 Å². The molecule has 10 heteroatoms. The van der Waals surface area contributed by atoms with Crippen molar-refractivity contribution in [1.29, 1.82) is 0 Å². The van der Waals surface area contributed by atoms with Gasteiger partial charge in [0.25, 0.3) is 17.3 Å². The van der Waals surface area contributed by atoms with Crippen LogP contribution in [0.4, 0.5) is 17.1 Å². The Labute approximate surface area is 147 Å². The van der Waals surface area contributed by atoms with Gasteiger partial charge < -0.3 is 5.32 Å². The Morgan fingerprint density at radius 2 is 1.68 bits per heavy atom. The van der Waals surface area contributed by atoms with Gasteiger partial charge in [0.2, 0.25) is 0 Å². The first-order valence-electron chi connectivity index (χ1n) is 6.90. The Kier molecular flexibility index (Phi) is 5.35. The van der Waals surface area contributed by atoms with E-state index in [-0.39, 0.29) is 27.7 Å². The van der Waals surface area contributed by atoms with Crippen LogP contribution in [0.5, 0.6) is 0 Å². The van der Waals surface area contributed by atoms with Crippen LogP contribution >= 0.6 is 12.2 Å². The Morgan fingerprint density at radius 3 is 2.32 bits per heavy atom. The zero-order chi connectivity index (χ0) is 18.6. The molecule has 0 bridgehead atoms. The maximum absolute atomic E-state index is 12.2. The van der Waals surface area contributed by atoms with Gasteiger partial charge in [-0.05, 0) is 36.8 Å². The number of aryl methyl sites for hydroxylation is 1. The van der Waals surface area contributed by atoms with Gasteiger partial charge in [0.15, 0.2) is 5.11 Å². The lowest BCUT2D eigenvalue weighted by Crippen LogP contribution is -2.34. The largest absolute Gasteiger partial charge is 0.327 e. The van der Waals surface area contributed by atoms with E-state index in [9.17, 15) is 25.0 Å². The van der Waals surface area contributed by atoms with Gasteiger partial charge in [-0.25, -0.2) is 0 Å². The van der Waals surface area contributed by atoms with Crippen LogP contribution in [-0.2, 0) is 0 Å². The van der Waals surface area contributed by atoms with Crippen molar-refractivity contribution < 1.29 is 14.6 Å². The first-order valence-corrected chi connectivity index (χ1v) is 7.31. The molecular weight excluding hydrogens is 348 g/mol. The molecule has 128 valence electrons. The van der Waals surface area contributed by atoms with Crippen molar-refractivity contribution >= 4 is 40.3 Å². The minimum absolute atomic E-state index is 0.100. The lowest BCUT2D eigenvalue weighted by atomic mass is 10.1. The summed E-state index contributed by atoms with van der Waals surface area (Å²) in [6.45, 7) is 1.70. The molecule has 0 saturated heterocycles. The predicted molar refractivity (Wildman–Crippen MR) is 94.6 cm³/mol. The second-order valence-electron chi connectivity index (χ2n) is 4.96. The monoisotopic (exact) mass is 360 g/mol. The Balaban J connectivity index is 2.18. The molecule has 2 aromatic carbocycles. The summed E-state index contributed by atoms with van der Waals surface area (Å²) in [4.78, 5) is 32.9. The van der Waals surface area contributed by atoms with Gasteiger partial charge in [0, 0.05) is 12.1 Å². The number of amides is 1. The third kappa shape index (κ3) is 4.32. The highest BCUT2D eigenvalue weighted by atomic mass is 32.1. The molecule has 0 aliphatic carbocycles. The molecule has 0 radical (unpaired) electrons. The number of benzene rings is 2. The SMILES string of the molecule is Cc1ccc(NC(=S)NC(=O)c2ccccc2[N+](=O)[O-])c([N+](=O)[O-])c1. The second kappa shape index (κ2) is 7.45. The average molecular weight is 360 g/mol. The standard InChI is InChI=1S/C15H12N4O5S/c1-9-6-7-11(13(8-9)19(23)24)16-15(25)17-14(20)10-4-2-3-5-12(10)18(21)22/h2-8H,1H3,(H2,16,17,20,25). The van der Waals surface area contributed by atoms with E-state index < -0.39 is 15.8 Å². The van der Waals surface area contributed by atoms with Crippen molar-refractivity contribution in [3.05, 3.63) is 73.8 Å². The predicted octanol–water partition coefficient (Wildman–Crippen LogP) is 2.94. The molecule has 2 aromatic rings. The molecule has 0 fully saturated rings. The fourth-order valence-electron chi connectivity index (χ4n) is 2.05. The van der Waals surface area contributed by atoms with Crippen LogP contribution < -0.4 is 10.6 Å². The summed E-state index contributed by atoms with van der Waals surface area (Å²) in [5, 5.41) is 26.7. The van der Waals surface area contributed by atoms with Crippen molar-refractivity contribution in [3.8, 4) is 0 Å². The molecule has 0 aromatic heterocycles. The number of nitro groups is 2. The second-order valence-corrected chi connectivity index (χ2v) is 5.37. The van der Waals surface area contributed by atoms with Crippen LogP contribution in [0.15, 0.2) is 42.5 Å². The third-order valence-electron chi connectivity index (χ3n) is 3.17. The Bertz CT molecular complexity index is 884. The smallest absolute Gasteiger partial charge is 0.292 e. The van der Waals surface area contributed by atoms with E-state index in [0.717, 1.165) is 0 Å². The molecule has 0 aliphatic heterocycles. The molecule has 0 heterocycles. The van der Waals surface area contributed by atoms with E-state index in [1.807, 2.05) is 0 Å². The van der Waals surface area contributed by atoms with Crippen LogP contribution in [0.25, 0.3) is 0 Å². The van der Waals surface area contributed by atoms with Crippen LogP contribution in [0.3, 0.4) is 0 Å². The number of nitro benzene ring substituents is 2. The van der Waals surface area contributed by atoms with E-state index in [4.69, 9.17) is 12.2 Å². The first-order chi connectivity index (χ1) is 11.8. The minimum Gasteiger partial charge on any atom is -0.327 e. The number of para-hydroxylation sites is 1. The van der Waals surface area contributed by atoms with Gasteiger partial charge in [0.1, 0.15) is 11.3 Å². The Hall–Kier alpha value is -3.40. The number of anilines is 1. The summed E-state index contributed by atoms with van der Waals surface area (Å²) in [5.41, 5.74) is 0.0389. The lowest BCUT2D eigenvalue weighted by Gasteiger charge is -2.10. The number of thiocarbonyl (C=S) groups is 1. The zero-order valence-corrected chi connectivity index (χ0v) is 13.7. The molecule has 0 saturated carbocycles. The summed E-state index contributed by atoms with van der Waals surface area (Å²) < 4.78 is 0. The summed E-state index contributed by atoms with van der Waals surface area (Å²) in [6, 6.07) is 9.83. The normalized spacial score (nSPS) is 9.96. The summed E-state index contributed by atoms with van der Waals surface area (Å²) >= 11 is 4.96. The topological polar surface area (TPSA) is 127 Å². The number of rotatable bonds is 4. The minimum atomic E-state index is -0.792. The molecule has 0 unspecified atom stereocenters. The Morgan fingerprint density at radius 1 is 1.04 bits per heavy atom. The van der Waals surface area contributed by atoms with E-state index in [1.165, 1.54) is 36.4 Å². The first kappa shape index (κ1) is 17.9. The maximum Gasteiger partial charge on any atom is 0.292 e. The van der Waals surface area contributed by atoms with Gasteiger partial charge in [-0.3, -0.25) is 30.3 Å². The number of hydrogen-bond acceptors (Lipinski definition) is 6. The van der Waals surface area contributed by atoms with E-state index in [0.29, 0.717) is 5.56 Å². The van der Waals surface area contributed by atoms with E-state index in [1.54, 1.807) is 13.0 Å². The van der Waals surface area contributed by atoms with Gasteiger partial charge in [0.05, 0.1) is 9.85 Å². The number of carbonyl (C=O) groups excluding carboxylic acids is 1. The van der Waals surface area contributed by atoms with Gasteiger partial charge in [-0.1, -0.05) is 18.2 Å². The van der Waals surface area contributed by atoms with Crippen molar-refractivity contribution in [2.24, 2.45) is 0 Å². The van der Waals surface area contributed by atoms with Crippen molar-refractivity contribution in [2.45, 2.75) is 6.92 Å². The molecule has 9 nitrogen and oxygen atoms in total. The number of hydrogen-bond donors (Lipinski definition) is 2. The molecule has 0 spiro atoms. The summed E-state index contributed by atoms with van der Waals surface area (Å²) in [6.07, 6.45) is 0. The highest BCUT2D eigenvalue weighted by Gasteiger charge is 2.21. The molecule has 1 amide bonds. The van der Waals surface area contributed by atoms with E-state index >= 15 is 0 Å². The molecule has 2 rings (SSSR count). The fraction of sp³-hybridized carbons (Fsp3) is 0.0667. The van der Waals surface area contributed by atoms with Crippen molar-refractivity contribution in [1.82, 2.24) is 5.32 Å². The highest BCUT2D eigenvalue weighted by Crippen LogP contribution is 2.25. The van der Waals surface area contributed by atoms with Gasteiger partial charge in [-0.2, -0.15) is 0 Å². The van der Waals surface area contributed by atoms with Crippen LogP contribution in [0, 0.1) is 27.2 Å². The molecule has 25 heavy (non-hydrogen) atoms. The number of carbonyl (C=O) groups is 1. The number of nitrogens with zero attached hydrogens (tertiary/aromatic N) is 2. The average Bonchev–Trinajstić information content (AvgIpc) is 2.56. The highest BCUT2D eigenvalue weighted by molar-refractivity contribution is 7.80.